The van der Waals surface area contributed by atoms with E-state index in [4.69, 9.17) is 14.2 Å². The van der Waals surface area contributed by atoms with Gasteiger partial charge in [-0.15, -0.1) is 0 Å². The van der Waals surface area contributed by atoms with Crippen LogP contribution in [0.3, 0.4) is 0 Å². The summed E-state index contributed by atoms with van der Waals surface area (Å²) in [5, 5.41) is 2.79. The van der Waals surface area contributed by atoms with E-state index in [1.165, 1.54) is 27.4 Å². The molecule has 2 aromatic rings. The van der Waals surface area contributed by atoms with Gasteiger partial charge in [-0.2, -0.15) is 8.78 Å². The zero-order valence-corrected chi connectivity index (χ0v) is 15.3. The molecule has 27 heavy (non-hydrogen) atoms. The summed E-state index contributed by atoms with van der Waals surface area (Å²) in [5.41, 5.74) is 1.24. The molecule has 2 rings (SSSR count). The summed E-state index contributed by atoms with van der Waals surface area (Å²) >= 11 is 0. The molecule has 0 aliphatic heterocycles. The highest BCUT2D eigenvalue weighted by molar-refractivity contribution is 5.94. The first kappa shape index (κ1) is 20.3. The number of hydrogen-bond acceptors (Lipinski definition) is 5. The first-order valence-electron chi connectivity index (χ1n) is 8.10. The van der Waals surface area contributed by atoms with Gasteiger partial charge in [-0.25, -0.2) is 0 Å². The minimum atomic E-state index is -2.93. The van der Waals surface area contributed by atoms with Crippen LogP contribution in [0.4, 0.5) is 8.78 Å². The molecule has 0 bridgehead atoms. The predicted octanol–water partition coefficient (Wildman–Crippen LogP) is 3.29. The normalized spacial score (nSPS) is 10.4. The quantitative estimate of drug-likeness (QED) is 0.722. The smallest absolute Gasteiger partial charge is 0.387 e. The maximum absolute atomic E-state index is 12.3. The van der Waals surface area contributed by atoms with E-state index in [-0.39, 0.29) is 17.4 Å². The van der Waals surface area contributed by atoms with Gasteiger partial charge in [0.05, 0.1) is 21.3 Å². The van der Waals surface area contributed by atoms with E-state index in [1.807, 2.05) is 0 Å². The number of alkyl halides is 2. The Morgan fingerprint density at radius 1 is 0.926 bits per heavy atom. The zero-order chi connectivity index (χ0) is 19.8. The molecule has 0 atom stereocenters. The van der Waals surface area contributed by atoms with Crippen LogP contribution < -0.4 is 24.3 Å². The maximum Gasteiger partial charge on any atom is 0.387 e. The lowest BCUT2D eigenvalue weighted by Crippen LogP contribution is -2.25. The summed E-state index contributed by atoms with van der Waals surface area (Å²) in [5.74, 6) is 0.905. The summed E-state index contributed by atoms with van der Waals surface area (Å²) in [6.07, 6.45) is 0.490. The summed E-state index contributed by atoms with van der Waals surface area (Å²) in [6, 6.07) is 9.53. The Kier molecular flexibility index (Phi) is 7.22. The lowest BCUT2D eigenvalue weighted by atomic mass is 10.1. The Balaban J connectivity index is 1.96. The predicted molar refractivity (Wildman–Crippen MR) is 95.2 cm³/mol. The van der Waals surface area contributed by atoms with Crippen LogP contribution in [0.25, 0.3) is 0 Å². The fraction of sp³-hybridized carbons (Fsp3) is 0.316. The molecular formula is C19H21F2NO5. The third-order valence-corrected chi connectivity index (χ3v) is 3.79. The van der Waals surface area contributed by atoms with E-state index in [9.17, 15) is 13.6 Å². The van der Waals surface area contributed by atoms with E-state index in [2.05, 4.69) is 10.1 Å². The average Bonchev–Trinajstić information content (AvgIpc) is 2.67. The molecule has 6 nitrogen and oxygen atoms in total. The number of methoxy groups -OCH3 is 3. The second-order valence-electron chi connectivity index (χ2n) is 5.44. The van der Waals surface area contributed by atoms with Crippen molar-refractivity contribution in [3.63, 3.8) is 0 Å². The van der Waals surface area contributed by atoms with Crippen LogP contribution in [0.5, 0.6) is 23.0 Å². The maximum atomic E-state index is 12.3. The van der Waals surface area contributed by atoms with E-state index in [1.54, 1.807) is 30.3 Å². The van der Waals surface area contributed by atoms with Crippen molar-refractivity contribution in [3.05, 3.63) is 47.5 Å². The Morgan fingerprint density at radius 2 is 1.56 bits per heavy atom. The van der Waals surface area contributed by atoms with Crippen molar-refractivity contribution in [1.82, 2.24) is 5.32 Å². The SMILES string of the molecule is COc1ccc(C(=O)NCCc2ccc(OC(F)F)c(OC)c2)cc1OC. The van der Waals surface area contributed by atoms with E-state index in [0.717, 1.165) is 5.56 Å². The lowest BCUT2D eigenvalue weighted by Gasteiger charge is -2.12. The molecule has 0 fully saturated rings. The molecule has 0 aliphatic rings. The second kappa shape index (κ2) is 9.61. The number of nitrogens with one attached hydrogen (secondary N) is 1. The Bertz CT molecular complexity index is 783. The van der Waals surface area contributed by atoms with E-state index < -0.39 is 6.61 Å². The van der Waals surface area contributed by atoms with Gasteiger partial charge in [0.15, 0.2) is 23.0 Å². The van der Waals surface area contributed by atoms with Crippen LogP contribution in [0, 0.1) is 0 Å². The molecular weight excluding hydrogens is 360 g/mol. The lowest BCUT2D eigenvalue weighted by molar-refractivity contribution is -0.0512. The van der Waals surface area contributed by atoms with Gasteiger partial charge < -0.3 is 24.3 Å². The number of carbonyl (C=O) groups is 1. The van der Waals surface area contributed by atoms with Crippen LogP contribution >= 0.6 is 0 Å². The number of rotatable bonds is 9. The highest BCUT2D eigenvalue weighted by Gasteiger charge is 2.12. The number of ether oxygens (including phenoxy) is 4. The number of hydrogen-bond donors (Lipinski definition) is 1. The van der Waals surface area contributed by atoms with Crippen molar-refractivity contribution in [2.45, 2.75) is 13.0 Å². The van der Waals surface area contributed by atoms with Crippen LogP contribution in [0.1, 0.15) is 15.9 Å². The van der Waals surface area contributed by atoms with Gasteiger partial charge in [0.1, 0.15) is 0 Å². The molecule has 0 saturated carbocycles. The monoisotopic (exact) mass is 381 g/mol. The molecule has 0 saturated heterocycles. The fourth-order valence-electron chi connectivity index (χ4n) is 2.46. The molecule has 0 unspecified atom stereocenters. The molecule has 1 N–H and O–H groups in total. The number of halogens is 2. The average molecular weight is 381 g/mol. The van der Waals surface area contributed by atoms with E-state index in [0.29, 0.717) is 30.0 Å². The van der Waals surface area contributed by atoms with Crippen molar-refractivity contribution in [1.29, 1.82) is 0 Å². The minimum Gasteiger partial charge on any atom is -0.493 e. The number of amides is 1. The van der Waals surface area contributed by atoms with Crippen molar-refractivity contribution in [2.75, 3.05) is 27.9 Å². The molecule has 0 aliphatic carbocycles. The summed E-state index contributed by atoms with van der Waals surface area (Å²) in [7, 11) is 4.38. The molecule has 0 radical (unpaired) electrons. The van der Waals surface area contributed by atoms with Crippen molar-refractivity contribution >= 4 is 5.91 Å². The highest BCUT2D eigenvalue weighted by Crippen LogP contribution is 2.30. The van der Waals surface area contributed by atoms with Crippen LogP contribution in [-0.2, 0) is 6.42 Å². The van der Waals surface area contributed by atoms with Crippen molar-refractivity contribution in [3.8, 4) is 23.0 Å². The van der Waals surface area contributed by atoms with Gasteiger partial charge in [0, 0.05) is 12.1 Å². The van der Waals surface area contributed by atoms with Gasteiger partial charge in [0.25, 0.3) is 5.91 Å². The fourth-order valence-corrected chi connectivity index (χ4v) is 2.46. The summed E-state index contributed by atoms with van der Waals surface area (Å²) in [6.45, 7) is -2.57. The van der Waals surface area contributed by atoms with Gasteiger partial charge in [-0.3, -0.25) is 4.79 Å². The summed E-state index contributed by atoms with van der Waals surface area (Å²) < 4.78 is 44.5. The topological polar surface area (TPSA) is 66.0 Å². The largest absolute Gasteiger partial charge is 0.493 e. The molecule has 0 aromatic heterocycles. The zero-order valence-electron chi connectivity index (χ0n) is 15.3. The molecule has 8 heteroatoms. The molecule has 2 aromatic carbocycles. The highest BCUT2D eigenvalue weighted by atomic mass is 19.3. The summed E-state index contributed by atoms with van der Waals surface area (Å²) in [4.78, 5) is 12.3. The van der Waals surface area contributed by atoms with Crippen molar-refractivity contribution < 1.29 is 32.5 Å². The van der Waals surface area contributed by atoms with Gasteiger partial charge in [-0.05, 0) is 42.3 Å². The van der Waals surface area contributed by atoms with Crippen LogP contribution in [0.15, 0.2) is 36.4 Å². The third-order valence-electron chi connectivity index (χ3n) is 3.79. The Morgan fingerprint density at radius 3 is 2.19 bits per heavy atom. The van der Waals surface area contributed by atoms with Gasteiger partial charge in [0.2, 0.25) is 0 Å². The Hall–Kier alpha value is -3.03. The van der Waals surface area contributed by atoms with Crippen LogP contribution in [0.2, 0.25) is 0 Å². The first-order valence-corrected chi connectivity index (χ1v) is 8.10. The standard InChI is InChI=1S/C19H21F2NO5/c1-24-14-7-5-13(11-17(14)26-3)18(23)22-9-8-12-4-6-15(27-19(20)21)16(10-12)25-2/h4-7,10-11,19H,8-9H2,1-3H3,(H,22,23). The van der Waals surface area contributed by atoms with Gasteiger partial charge >= 0.3 is 6.61 Å². The van der Waals surface area contributed by atoms with Crippen molar-refractivity contribution in [2.24, 2.45) is 0 Å². The Labute approximate surface area is 156 Å². The molecule has 0 spiro atoms. The number of benzene rings is 2. The minimum absolute atomic E-state index is 0.0365. The second-order valence-corrected chi connectivity index (χ2v) is 5.44. The number of carbonyl (C=O) groups excluding carboxylic acids is 1. The van der Waals surface area contributed by atoms with E-state index >= 15 is 0 Å². The molecule has 0 heterocycles. The van der Waals surface area contributed by atoms with Crippen LogP contribution in [-0.4, -0.2) is 40.4 Å². The first-order chi connectivity index (χ1) is 13.0. The molecule has 1 amide bonds. The molecule has 146 valence electrons. The third kappa shape index (κ3) is 5.47. The van der Waals surface area contributed by atoms with Gasteiger partial charge in [-0.1, -0.05) is 6.07 Å².